The Labute approximate surface area is 131 Å². The number of benzene rings is 1. The summed E-state index contributed by atoms with van der Waals surface area (Å²) in [6, 6.07) is 7.80. The summed E-state index contributed by atoms with van der Waals surface area (Å²) in [5.74, 6) is 0. The highest BCUT2D eigenvalue weighted by Gasteiger charge is 2.31. The van der Waals surface area contributed by atoms with Crippen LogP contribution in [0.5, 0.6) is 0 Å². The number of likely N-dealkylation sites (tertiary alicyclic amines) is 1. The van der Waals surface area contributed by atoms with Crippen molar-refractivity contribution in [2.75, 3.05) is 51.2 Å². The van der Waals surface area contributed by atoms with Crippen molar-refractivity contribution < 1.29 is 14.7 Å². The van der Waals surface area contributed by atoms with Crippen LogP contribution in [0.1, 0.15) is 12.8 Å². The Hall–Kier alpha value is -1.66. The molecule has 0 amide bonds. The quantitative estimate of drug-likeness (QED) is 0.555. The van der Waals surface area contributed by atoms with Gasteiger partial charge in [0.15, 0.2) is 0 Å². The number of rotatable bonds is 3. The van der Waals surface area contributed by atoms with Crippen LogP contribution in [0.3, 0.4) is 0 Å². The van der Waals surface area contributed by atoms with E-state index in [4.69, 9.17) is 0 Å². The molecule has 1 aromatic rings. The van der Waals surface area contributed by atoms with Crippen LogP contribution in [0.2, 0.25) is 0 Å². The molecule has 2 aliphatic rings. The molecular formula is C16H26N4O2+2. The average molecular weight is 306 g/mol. The van der Waals surface area contributed by atoms with Gasteiger partial charge in [0.25, 0.3) is 5.69 Å². The van der Waals surface area contributed by atoms with Gasteiger partial charge in [-0.3, -0.25) is 10.1 Å². The molecule has 2 heterocycles. The van der Waals surface area contributed by atoms with Crippen molar-refractivity contribution in [2.24, 2.45) is 0 Å². The number of hydrogen-bond acceptors (Lipinski definition) is 3. The monoisotopic (exact) mass is 306 g/mol. The zero-order valence-electron chi connectivity index (χ0n) is 13.3. The number of nitrogens with one attached hydrogen (secondary N) is 2. The normalized spacial score (nSPS) is 26.9. The van der Waals surface area contributed by atoms with Crippen molar-refractivity contribution in [3.63, 3.8) is 0 Å². The van der Waals surface area contributed by atoms with Gasteiger partial charge in [0.2, 0.25) is 0 Å². The van der Waals surface area contributed by atoms with Crippen LogP contribution >= 0.6 is 0 Å². The van der Waals surface area contributed by atoms with Crippen LogP contribution in [0.4, 0.5) is 11.4 Å². The van der Waals surface area contributed by atoms with Gasteiger partial charge in [0, 0.05) is 30.7 Å². The number of nitro benzene ring substituents is 1. The van der Waals surface area contributed by atoms with E-state index in [-0.39, 0.29) is 10.6 Å². The third kappa shape index (κ3) is 3.39. The summed E-state index contributed by atoms with van der Waals surface area (Å²) in [5, 5.41) is 10.7. The molecule has 2 fully saturated rings. The fourth-order valence-electron chi connectivity index (χ4n) is 3.76. The molecule has 0 atom stereocenters. The maximum Gasteiger partial charge on any atom is 0.269 e. The maximum atomic E-state index is 10.7. The predicted octanol–water partition coefficient (Wildman–Crippen LogP) is -1.02. The van der Waals surface area contributed by atoms with Gasteiger partial charge in [0.05, 0.1) is 57.3 Å². The molecule has 6 heteroatoms. The minimum absolute atomic E-state index is 0.168. The highest BCUT2D eigenvalue weighted by Crippen LogP contribution is 2.19. The topological polar surface area (TPSA) is 55.3 Å². The standard InChI is InChI=1S/C16H24N4O2/c1-17-8-6-15(7-9-17)19-12-10-18(11-13-19)14-2-4-16(5-3-14)20(21)22/h2-5,15H,6-13H2,1H3/p+2. The zero-order chi connectivity index (χ0) is 15.5. The van der Waals surface area contributed by atoms with E-state index in [2.05, 4.69) is 11.9 Å². The van der Waals surface area contributed by atoms with Crippen LogP contribution in [-0.2, 0) is 0 Å². The summed E-state index contributed by atoms with van der Waals surface area (Å²) in [5.41, 5.74) is 1.28. The summed E-state index contributed by atoms with van der Waals surface area (Å²) in [6.07, 6.45) is 2.69. The number of anilines is 1. The molecule has 0 unspecified atom stereocenters. The summed E-state index contributed by atoms with van der Waals surface area (Å²) >= 11 is 0. The van der Waals surface area contributed by atoms with Crippen LogP contribution in [-0.4, -0.2) is 57.3 Å². The van der Waals surface area contributed by atoms with Crippen molar-refractivity contribution in [1.82, 2.24) is 0 Å². The van der Waals surface area contributed by atoms with Crippen LogP contribution in [0.15, 0.2) is 24.3 Å². The molecule has 3 rings (SSSR count). The van der Waals surface area contributed by atoms with E-state index < -0.39 is 0 Å². The molecule has 2 N–H and O–H groups in total. The van der Waals surface area contributed by atoms with Crippen molar-refractivity contribution >= 4 is 11.4 Å². The highest BCUT2D eigenvalue weighted by atomic mass is 16.6. The number of quaternary nitrogens is 2. The van der Waals surface area contributed by atoms with Gasteiger partial charge in [0.1, 0.15) is 0 Å². The highest BCUT2D eigenvalue weighted by molar-refractivity contribution is 5.50. The van der Waals surface area contributed by atoms with Gasteiger partial charge in [-0.05, 0) is 12.1 Å². The van der Waals surface area contributed by atoms with Gasteiger partial charge in [-0.25, -0.2) is 0 Å². The predicted molar refractivity (Wildman–Crippen MR) is 85.6 cm³/mol. The van der Waals surface area contributed by atoms with Gasteiger partial charge in [-0.2, -0.15) is 0 Å². The lowest BCUT2D eigenvalue weighted by molar-refractivity contribution is -0.952. The maximum absolute atomic E-state index is 10.7. The molecule has 0 aliphatic carbocycles. The fraction of sp³-hybridized carbons (Fsp3) is 0.625. The Morgan fingerprint density at radius 2 is 1.68 bits per heavy atom. The first kappa shape index (κ1) is 15.2. The Kier molecular flexibility index (Phi) is 4.59. The average Bonchev–Trinajstić information content (AvgIpc) is 2.56. The summed E-state index contributed by atoms with van der Waals surface area (Å²) in [4.78, 5) is 16.2. The third-order valence-corrected chi connectivity index (χ3v) is 5.25. The van der Waals surface area contributed by atoms with E-state index in [0.29, 0.717) is 0 Å². The van der Waals surface area contributed by atoms with E-state index in [1.54, 1.807) is 21.9 Å². The molecule has 0 spiro atoms. The number of piperidine rings is 1. The van der Waals surface area contributed by atoms with Crippen molar-refractivity contribution in [1.29, 1.82) is 0 Å². The van der Waals surface area contributed by atoms with Crippen molar-refractivity contribution in [3.05, 3.63) is 34.4 Å². The first-order valence-corrected chi connectivity index (χ1v) is 8.29. The number of non-ortho nitro benzene ring substituents is 1. The molecule has 1 aromatic carbocycles. The lowest BCUT2D eigenvalue weighted by Crippen LogP contribution is -3.21. The molecule has 2 aliphatic heterocycles. The second kappa shape index (κ2) is 6.62. The molecule has 2 saturated heterocycles. The summed E-state index contributed by atoms with van der Waals surface area (Å²) in [6.45, 7) is 7.07. The number of hydrogen-bond donors (Lipinski definition) is 2. The lowest BCUT2D eigenvalue weighted by Gasteiger charge is -2.39. The minimum Gasteiger partial charge on any atom is -0.360 e. The number of nitrogens with zero attached hydrogens (tertiary/aromatic N) is 2. The van der Waals surface area contributed by atoms with E-state index in [1.807, 2.05) is 12.1 Å². The van der Waals surface area contributed by atoms with Crippen molar-refractivity contribution in [2.45, 2.75) is 18.9 Å². The Balaban J connectivity index is 1.54. The molecule has 6 nitrogen and oxygen atoms in total. The van der Waals surface area contributed by atoms with Crippen LogP contribution in [0.25, 0.3) is 0 Å². The molecule has 22 heavy (non-hydrogen) atoms. The third-order valence-electron chi connectivity index (χ3n) is 5.25. The van der Waals surface area contributed by atoms with Crippen molar-refractivity contribution in [3.8, 4) is 0 Å². The Bertz CT molecular complexity index is 503. The van der Waals surface area contributed by atoms with Gasteiger partial charge in [-0.15, -0.1) is 0 Å². The van der Waals surface area contributed by atoms with Gasteiger partial charge in [-0.1, -0.05) is 0 Å². The SMILES string of the molecule is C[NH+]1CCC([NH+]2CCN(c3ccc([N+](=O)[O-])cc3)CC2)CC1. The van der Waals surface area contributed by atoms with E-state index in [0.717, 1.165) is 24.8 Å². The molecule has 0 saturated carbocycles. The van der Waals surface area contributed by atoms with Gasteiger partial charge >= 0.3 is 0 Å². The molecule has 120 valence electrons. The Morgan fingerprint density at radius 3 is 2.23 bits per heavy atom. The zero-order valence-corrected chi connectivity index (χ0v) is 13.3. The Morgan fingerprint density at radius 1 is 1.09 bits per heavy atom. The molecule has 0 aromatic heterocycles. The first-order valence-electron chi connectivity index (χ1n) is 8.29. The summed E-state index contributed by atoms with van der Waals surface area (Å²) in [7, 11) is 2.29. The molecule has 0 bridgehead atoms. The second-order valence-electron chi connectivity index (χ2n) is 6.65. The van der Waals surface area contributed by atoms with E-state index in [9.17, 15) is 10.1 Å². The van der Waals surface area contributed by atoms with Gasteiger partial charge < -0.3 is 14.7 Å². The molecule has 0 radical (unpaired) electrons. The van der Waals surface area contributed by atoms with Crippen LogP contribution in [0, 0.1) is 10.1 Å². The lowest BCUT2D eigenvalue weighted by atomic mass is 10.0. The second-order valence-corrected chi connectivity index (χ2v) is 6.65. The molecular weight excluding hydrogens is 280 g/mol. The number of piperazine rings is 1. The minimum atomic E-state index is -0.339. The number of nitro groups is 1. The van der Waals surface area contributed by atoms with E-state index >= 15 is 0 Å². The van der Waals surface area contributed by atoms with E-state index in [1.165, 1.54) is 39.0 Å². The fourth-order valence-corrected chi connectivity index (χ4v) is 3.76. The smallest absolute Gasteiger partial charge is 0.269 e. The van der Waals surface area contributed by atoms with Crippen LogP contribution < -0.4 is 14.7 Å². The largest absolute Gasteiger partial charge is 0.360 e. The first-order chi connectivity index (χ1) is 10.6. The summed E-state index contributed by atoms with van der Waals surface area (Å²) < 4.78 is 0.